The van der Waals surface area contributed by atoms with Gasteiger partial charge in [-0.25, -0.2) is 0 Å². The number of hydrogen-bond donors (Lipinski definition) is 0. The largest absolute Gasteiger partial charge is 0.455 e. The van der Waals surface area contributed by atoms with E-state index < -0.39 is 0 Å². The highest BCUT2D eigenvalue weighted by molar-refractivity contribution is 6.22. The van der Waals surface area contributed by atoms with Crippen molar-refractivity contribution in [3.63, 3.8) is 0 Å². The maximum atomic E-state index is 6.64. The Bertz CT molecular complexity index is 3030. The average molecular weight is 636 g/mol. The number of rotatable bonds is 3. The van der Waals surface area contributed by atoms with E-state index in [9.17, 15) is 0 Å². The van der Waals surface area contributed by atoms with Gasteiger partial charge in [0.15, 0.2) is 0 Å². The molecule has 0 amide bonds. The maximum Gasteiger partial charge on any atom is 0.143 e. The fourth-order valence-corrected chi connectivity index (χ4v) is 8.39. The quantitative estimate of drug-likeness (QED) is 0.177. The molecule has 0 aliphatic carbocycles. The van der Waals surface area contributed by atoms with E-state index in [0.29, 0.717) is 0 Å². The predicted molar refractivity (Wildman–Crippen MR) is 211 cm³/mol. The minimum Gasteiger partial charge on any atom is -0.455 e. The normalized spacial score (nSPS) is 12.0. The topological polar surface area (TPSA) is 18.1 Å². The highest BCUT2D eigenvalue weighted by Crippen LogP contribution is 2.45. The molecule has 2 nitrogen and oxygen atoms in total. The molecule has 0 unspecified atom stereocenters. The molecule has 2 heterocycles. The van der Waals surface area contributed by atoms with Crippen molar-refractivity contribution in [2.45, 2.75) is 0 Å². The van der Waals surface area contributed by atoms with Crippen molar-refractivity contribution in [3.05, 3.63) is 176 Å². The van der Waals surface area contributed by atoms with Crippen molar-refractivity contribution < 1.29 is 4.42 Å². The van der Waals surface area contributed by atoms with Crippen molar-refractivity contribution >= 4 is 76.1 Å². The molecule has 232 valence electrons. The van der Waals surface area contributed by atoms with Crippen molar-refractivity contribution in [2.24, 2.45) is 0 Å². The van der Waals surface area contributed by atoms with Gasteiger partial charge in [0, 0.05) is 32.6 Å². The molecule has 0 N–H and O–H groups in total. The van der Waals surface area contributed by atoms with Crippen LogP contribution in [-0.2, 0) is 0 Å². The van der Waals surface area contributed by atoms with Crippen LogP contribution in [0.1, 0.15) is 0 Å². The second-order valence-electron chi connectivity index (χ2n) is 13.2. The molecule has 2 aromatic heterocycles. The van der Waals surface area contributed by atoms with E-state index in [2.05, 4.69) is 180 Å². The van der Waals surface area contributed by atoms with Crippen LogP contribution in [0.25, 0.3) is 104 Å². The van der Waals surface area contributed by atoms with Crippen LogP contribution in [0.5, 0.6) is 0 Å². The number of furan rings is 1. The Morgan fingerprint density at radius 1 is 0.340 bits per heavy atom. The van der Waals surface area contributed by atoms with E-state index in [1.54, 1.807) is 0 Å². The summed E-state index contributed by atoms with van der Waals surface area (Å²) in [4.78, 5) is 0. The van der Waals surface area contributed by atoms with E-state index >= 15 is 0 Å². The number of fused-ring (bicyclic) bond motifs is 10. The maximum absolute atomic E-state index is 6.64. The van der Waals surface area contributed by atoms with Gasteiger partial charge >= 0.3 is 0 Å². The van der Waals surface area contributed by atoms with Crippen LogP contribution in [0.15, 0.2) is 180 Å². The Kier molecular flexibility index (Phi) is 5.70. The van der Waals surface area contributed by atoms with Crippen LogP contribution >= 0.6 is 0 Å². The zero-order valence-electron chi connectivity index (χ0n) is 27.1. The number of benzene rings is 9. The van der Waals surface area contributed by atoms with Crippen LogP contribution < -0.4 is 0 Å². The summed E-state index contributed by atoms with van der Waals surface area (Å²) >= 11 is 0. The van der Waals surface area contributed by atoms with Crippen LogP contribution in [0, 0.1) is 0 Å². The van der Waals surface area contributed by atoms with Crippen LogP contribution in [0.4, 0.5) is 0 Å². The second-order valence-corrected chi connectivity index (χ2v) is 13.2. The fraction of sp³-hybridized carbons (Fsp3) is 0. The lowest BCUT2D eigenvalue weighted by molar-refractivity contribution is 0.673. The molecule has 0 fully saturated rings. The lowest BCUT2D eigenvalue weighted by Crippen LogP contribution is -1.94. The zero-order valence-corrected chi connectivity index (χ0v) is 27.1. The number of aromatic nitrogens is 1. The second kappa shape index (κ2) is 10.4. The van der Waals surface area contributed by atoms with Gasteiger partial charge in [-0.15, -0.1) is 0 Å². The van der Waals surface area contributed by atoms with Crippen molar-refractivity contribution in [3.8, 4) is 27.9 Å². The Labute approximate surface area is 288 Å². The van der Waals surface area contributed by atoms with E-state index in [1.807, 2.05) is 0 Å². The molecule has 0 atom stereocenters. The minimum absolute atomic E-state index is 0.909. The standard InChI is InChI=1S/C48H29NO/c1-2-12-34-30(11-1)23-28-42-37-27-24-32(29-45(37)50-48(34)42)47-40-17-5-3-15-38(40)46(39-16-4-6-18-41(39)47)31-21-25-33(26-22-31)49-43-19-9-7-13-35(43)36-14-8-10-20-44(36)49/h1-29H. The van der Waals surface area contributed by atoms with Gasteiger partial charge in [-0.3, -0.25) is 0 Å². The van der Waals surface area contributed by atoms with Gasteiger partial charge < -0.3 is 8.98 Å². The van der Waals surface area contributed by atoms with Gasteiger partial charge in [-0.05, 0) is 91.6 Å². The zero-order chi connectivity index (χ0) is 32.8. The molecule has 11 aromatic rings. The highest BCUT2D eigenvalue weighted by Gasteiger charge is 2.19. The smallest absolute Gasteiger partial charge is 0.143 e. The molecule has 0 aliphatic rings. The van der Waals surface area contributed by atoms with Gasteiger partial charge in [0.25, 0.3) is 0 Å². The Hall–Kier alpha value is -6.64. The first-order valence-corrected chi connectivity index (χ1v) is 17.2. The molecular formula is C48H29NO. The summed E-state index contributed by atoms with van der Waals surface area (Å²) < 4.78 is 9.02. The summed E-state index contributed by atoms with van der Waals surface area (Å²) in [5, 5.41) is 12.1. The third-order valence-corrected chi connectivity index (χ3v) is 10.6. The molecule has 0 aliphatic heterocycles. The van der Waals surface area contributed by atoms with Crippen molar-refractivity contribution in [1.29, 1.82) is 0 Å². The van der Waals surface area contributed by atoms with Gasteiger partial charge in [0.05, 0.1) is 11.0 Å². The number of nitrogens with zero attached hydrogens (tertiary/aromatic N) is 1. The summed E-state index contributed by atoms with van der Waals surface area (Å²) in [5.41, 5.74) is 10.3. The third kappa shape index (κ3) is 3.85. The monoisotopic (exact) mass is 635 g/mol. The molecule has 2 heteroatoms. The Morgan fingerprint density at radius 3 is 1.44 bits per heavy atom. The molecule has 0 spiro atoms. The molecule has 11 rings (SSSR count). The number of hydrogen-bond acceptors (Lipinski definition) is 1. The van der Waals surface area contributed by atoms with Gasteiger partial charge in [-0.1, -0.05) is 133 Å². The summed E-state index contributed by atoms with van der Waals surface area (Å²) in [6, 6.07) is 63.7. The van der Waals surface area contributed by atoms with Crippen LogP contribution in [0.3, 0.4) is 0 Å². The molecule has 0 radical (unpaired) electrons. The van der Waals surface area contributed by atoms with E-state index in [1.165, 1.54) is 65.4 Å². The van der Waals surface area contributed by atoms with Gasteiger partial charge in [-0.2, -0.15) is 0 Å². The van der Waals surface area contributed by atoms with Crippen molar-refractivity contribution in [2.75, 3.05) is 0 Å². The summed E-state index contributed by atoms with van der Waals surface area (Å²) in [6.07, 6.45) is 0. The first kappa shape index (κ1) is 27.3. The lowest BCUT2D eigenvalue weighted by atomic mass is 9.86. The summed E-state index contributed by atoms with van der Waals surface area (Å²) in [5.74, 6) is 0. The number of para-hydroxylation sites is 2. The summed E-state index contributed by atoms with van der Waals surface area (Å²) in [7, 11) is 0. The predicted octanol–water partition coefficient (Wildman–Crippen LogP) is 13.5. The van der Waals surface area contributed by atoms with Gasteiger partial charge in [0.1, 0.15) is 11.2 Å². The molecule has 9 aromatic carbocycles. The fourth-order valence-electron chi connectivity index (χ4n) is 8.39. The SMILES string of the molecule is c1ccc2c(c1)ccc1c3ccc(-c4c5ccccc5c(-c5ccc(-n6c7ccccc7c7ccccc76)cc5)c5ccccc45)cc3oc21. The average Bonchev–Trinajstić information content (AvgIpc) is 3.73. The third-order valence-electron chi connectivity index (χ3n) is 10.6. The molecule has 0 saturated heterocycles. The lowest BCUT2D eigenvalue weighted by Gasteiger charge is -2.18. The molecule has 0 saturated carbocycles. The van der Waals surface area contributed by atoms with Crippen LogP contribution in [0.2, 0.25) is 0 Å². The van der Waals surface area contributed by atoms with E-state index in [4.69, 9.17) is 4.42 Å². The van der Waals surface area contributed by atoms with Gasteiger partial charge in [0.2, 0.25) is 0 Å². The Balaban J connectivity index is 1.12. The first-order valence-electron chi connectivity index (χ1n) is 17.2. The molecule has 50 heavy (non-hydrogen) atoms. The van der Waals surface area contributed by atoms with E-state index in [0.717, 1.165) is 38.6 Å². The van der Waals surface area contributed by atoms with Crippen LogP contribution in [-0.4, -0.2) is 4.57 Å². The Morgan fingerprint density at radius 2 is 0.820 bits per heavy atom. The van der Waals surface area contributed by atoms with E-state index in [-0.39, 0.29) is 0 Å². The highest BCUT2D eigenvalue weighted by atomic mass is 16.3. The van der Waals surface area contributed by atoms with Crippen molar-refractivity contribution in [1.82, 2.24) is 4.57 Å². The first-order chi connectivity index (χ1) is 24.8. The minimum atomic E-state index is 0.909. The molecular weight excluding hydrogens is 607 g/mol. The summed E-state index contributed by atoms with van der Waals surface area (Å²) in [6.45, 7) is 0. The molecule has 0 bridgehead atoms.